The summed E-state index contributed by atoms with van der Waals surface area (Å²) in [7, 11) is 0. The van der Waals surface area contributed by atoms with Crippen LogP contribution in [0.1, 0.15) is 48.7 Å². The first kappa shape index (κ1) is 15.7. The van der Waals surface area contributed by atoms with E-state index in [0.717, 1.165) is 75.2 Å². The second-order valence-electron chi connectivity index (χ2n) is 7.28. The molecule has 2 saturated heterocycles. The van der Waals surface area contributed by atoms with Gasteiger partial charge >= 0.3 is 0 Å². The number of aromatic nitrogens is 1. The van der Waals surface area contributed by atoms with E-state index in [0.29, 0.717) is 5.41 Å². The number of nitrogens with one attached hydrogen (secondary N) is 1. The Morgan fingerprint density at radius 3 is 2.58 bits per heavy atom. The number of rotatable bonds is 2. The number of aryl methyl sites for hydroxylation is 1. The summed E-state index contributed by atoms with van der Waals surface area (Å²) in [5.41, 5.74) is 3.43. The van der Waals surface area contributed by atoms with Crippen LogP contribution in [-0.2, 0) is 11.2 Å². The molecule has 2 fully saturated rings. The van der Waals surface area contributed by atoms with Crippen molar-refractivity contribution in [2.45, 2.75) is 39.0 Å². The lowest BCUT2D eigenvalue weighted by atomic mass is 9.72. The van der Waals surface area contributed by atoms with E-state index < -0.39 is 0 Å². The van der Waals surface area contributed by atoms with Crippen LogP contribution < -0.4 is 0 Å². The van der Waals surface area contributed by atoms with Crippen molar-refractivity contribution in [1.82, 2.24) is 9.88 Å². The van der Waals surface area contributed by atoms with Gasteiger partial charge in [0, 0.05) is 37.2 Å². The van der Waals surface area contributed by atoms with E-state index >= 15 is 0 Å². The lowest BCUT2D eigenvalue weighted by molar-refractivity contribution is -0.0176. The summed E-state index contributed by atoms with van der Waals surface area (Å²) < 4.78 is 5.52. The van der Waals surface area contributed by atoms with Gasteiger partial charge in [0.1, 0.15) is 5.69 Å². The number of hydrogen-bond donors (Lipinski definition) is 1. The number of piperidine rings is 1. The number of aromatic amines is 1. The molecular weight excluding hydrogens is 300 g/mol. The van der Waals surface area contributed by atoms with Crippen LogP contribution >= 0.6 is 0 Å². The molecule has 4 rings (SSSR count). The zero-order valence-corrected chi connectivity index (χ0v) is 14.4. The molecule has 0 bridgehead atoms. The topological polar surface area (TPSA) is 45.3 Å². The Morgan fingerprint density at radius 1 is 1.17 bits per heavy atom. The van der Waals surface area contributed by atoms with Gasteiger partial charge in [0.05, 0.1) is 0 Å². The molecule has 4 nitrogen and oxygen atoms in total. The van der Waals surface area contributed by atoms with Gasteiger partial charge in [-0.25, -0.2) is 0 Å². The second kappa shape index (κ2) is 6.25. The maximum absolute atomic E-state index is 13.1. The molecule has 4 heteroatoms. The molecule has 2 aliphatic rings. The van der Waals surface area contributed by atoms with Gasteiger partial charge in [-0.15, -0.1) is 0 Å². The highest BCUT2D eigenvalue weighted by Gasteiger charge is 2.37. The summed E-state index contributed by atoms with van der Waals surface area (Å²) >= 11 is 0. The van der Waals surface area contributed by atoms with E-state index in [1.54, 1.807) is 0 Å². The van der Waals surface area contributed by atoms with E-state index in [9.17, 15) is 4.79 Å². The third-order valence-electron chi connectivity index (χ3n) is 6.05. The van der Waals surface area contributed by atoms with Crippen molar-refractivity contribution in [3.63, 3.8) is 0 Å². The Labute approximate surface area is 143 Å². The minimum atomic E-state index is 0.171. The summed E-state index contributed by atoms with van der Waals surface area (Å²) in [6.07, 6.45) is 5.41. The summed E-state index contributed by atoms with van der Waals surface area (Å²) in [6.45, 7) is 5.64. The van der Waals surface area contributed by atoms with E-state index in [1.807, 2.05) is 17.0 Å². The highest BCUT2D eigenvalue weighted by molar-refractivity contribution is 6.01. The fourth-order valence-electron chi connectivity index (χ4n) is 4.40. The molecule has 1 spiro atoms. The van der Waals surface area contributed by atoms with Gasteiger partial charge in [0.25, 0.3) is 5.91 Å². The van der Waals surface area contributed by atoms with Crippen molar-refractivity contribution in [3.05, 3.63) is 35.5 Å². The Balaban J connectivity index is 1.54. The molecule has 128 valence electrons. The van der Waals surface area contributed by atoms with Gasteiger partial charge in [-0.2, -0.15) is 0 Å². The van der Waals surface area contributed by atoms with Gasteiger partial charge in [0.15, 0.2) is 0 Å². The molecule has 0 unspecified atom stereocenters. The van der Waals surface area contributed by atoms with Crippen LogP contribution in [0.5, 0.6) is 0 Å². The van der Waals surface area contributed by atoms with Crippen molar-refractivity contribution in [2.24, 2.45) is 5.41 Å². The Morgan fingerprint density at radius 2 is 1.88 bits per heavy atom. The maximum Gasteiger partial charge on any atom is 0.270 e. The smallest absolute Gasteiger partial charge is 0.270 e. The number of para-hydroxylation sites is 1. The quantitative estimate of drug-likeness (QED) is 0.913. The SMILES string of the molecule is CCc1c(C(=O)N2CCC3(CCOCC3)CC2)[nH]c2ccccc12. The molecule has 0 radical (unpaired) electrons. The van der Waals surface area contributed by atoms with Crippen LogP contribution in [0, 0.1) is 5.41 Å². The van der Waals surface area contributed by atoms with E-state index in [-0.39, 0.29) is 5.91 Å². The molecule has 0 saturated carbocycles. The van der Waals surface area contributed by atoms with E-state index in [2.05, 4.69) is 24.0 Å². The molecule has 1 aromatic carbocycles. The molecule has 1 amide bonds. The van der Waals surface area contributed by atoms with Crippen molar-refractivity contribution < 1.29 is 9.53 Å². The Kier molecular flexibility index (Phi) is 4.09. The van der Waals surface area contributed by atoms with Crippen LogP contribution in [0.4, 0.5) is 0 Å². The average molecular weight is 326 g/mol. The van der Waals surface area contributed by atoms with Gasteiger partial charge in [-0.05, 0) is 49.1 Å². The standard InChI is InChI=1S/C20H26N2O2/c1-2-15-16-5-3-4-6-17(16)21-18(15)19(23)22-11-7-20(8-12-22)9-13-24-14-10-20/h3-6,21H,2,7-14H2,1H3. The van der Waals surface area contributed by atoms with Crippen molar-refractivity contribution >= 4 is 16.8 Å². The number of likely N-dealkylation sites (tertiary alicyclic amines) is 1. The largest absolute Gasteiger partial charge is 0.381 e. The minimum absolute atomic E-state index is 0.171. The van der Waals surface area contributed by atoms with Crippen molar-refractivity contribution in [3.8, 4) is 0 Å². The average Bonchev–Trinajstić information content (AvgIpc) is 3.01. The third kappa shape index (κ3) is 2.63. The number of carbonyl (C=O) groups is 1. The fraction of sp³-hybridized carbons (Fsp3) is 0.550. The van der Waals surface area contributed by atoms with Gasteiger partial charge in [0.2, 0.25) is 0 Å². The molecule has 0 atom stereocenters. The van der Waals surface area contributed by atoms with E-state index in [4.69, 9.17) is 4.74 Å². The molecule has 2 aromatic rings. The third-order valence-corrected chi connectivity index (χ3v) is 6.05. The van der Waals surface area contributed by atoms with Crippen molar-refractivity contribution in [2.75, 3.05) is 26.3 Å². The number of fused-ring (bicyclic) bond motifs is 1. The molecule has 1 aromatic heterocycles. The number of hydrogen-bond acceptors (Lipinski definition) is 2. The maximum atomic E-state index is 13.1. The molecule has 2 aliphatic heterocycles. The van der Waals surface area contributed by atoms with Crippen molar-refractivity contribution in [1.29, 1.82) is 0 Å². The predicted molar refractivity (Wildman–Crippen MR) is 95.3 cm³/mol. The zero-order chi connectivity index (χ0) is 16.6. The van der Waals surface area contributed by atoms with Crippen LogP contribution in [-0.4, -0.2) is 42.1 Å². The number of benzene rings is 1. The molecule has 0 aliphatic carbocycles. The lowest BCUT2D eigenvalue weighted by Gasteiger charge is -2.44. The number of amides is 1. The highest BCUT2D eigenvalue weighted by Crippen LogP contribution is 2.41. The first-order valence-electron chi connectivity index (χ1n) is 9.19. The second-order valence-corrected chi connectivity index (χ2v) is 7.28. The molecular formula is C20H26N2O2. The van der Waals surface area contributed by atoms with Gasteiger partial charge in [-0.3, -0.25) is 4.79 Å². The van der Waals surface area contributed by atoms with Crippen LogP contribution in [0.15, 0.2) is 24.3 Å². The van der Waals surface area contributed by atoms with Crippen LogP contribution in [0.25, 0.3) is 10.9 Å². The normalized spacial score (nSPS) is 20.6. The number of carbonyl (C=O) groups excluding carboxylic acids is 1. The predicted octanol–water partition coefficient (Wildman–Crippen LogP) is 3.76. The van der Waals surface area contributed by atoms with Crippen LogP contribution in [0.3, 0.4) is 0 Å². The summed E-state index contributed by atoms with van der Waals surface area (Å²) in [6, 6.07) is 8.22. The van der Waals surface area contributed by atoms with Crippen LogP contribution in [0.2, 0.25) is 0 Å². The Bertz CT molecular complexity index is 733. The number of nitrogens with zero attached hydrogens (tertiary/aromatic N) is 1. The molecule has 1 N–H and O–H groups in total. The first-order valence-corrected chi connectivity index (χ1v) is 9.19. The minimum Gasteiger partial charge on any atom is -0.381 e. The highest BCUT2D eigenvalue weighted by atomic mass is 16.5. The van der Waals surface area contributed by atoms with Gasteiger partial charge < -0.3 is 14.6 Å². The monoisotopic (exact) mass is 326 g/mol. The number of H-pyrrole nitrogens is 1. The molecule has 3 heterocycles. The summed E-state index contributed by atoms with van der Waals surface area (Å²) in [4.78, 5) is 18.5. The molecule has 24 heavy (non-hydrogen) atoms. The van der Waals surface area contributed by atoms with Gasteiger partial charge in [-0.1, -0.05) is 25.1 Å². The summed E-state index contributed by atoms with van der Waals surface area (Å²) in [5, 5.41) is 1.18. The van der Waals surface area contributed by atoms with E-state index in [1.165, 1.54) is 5.39 Å². The fourth-order valence-corrected chi connectivity index (χ4v) is 4.40. The Hall–Kier alpha value is -1.81. The lowest BCUT2D eigenvalue weighted by Crippen LogP contribution is -2.45. The summed E-state index contributed by atoms with van der Waals surface area (Å²) in [5.74, 6) is 0.171. The number of ether oxygens (including phenoxy) is 1. The zero-order valence-electron chi connectivity index (χ0n) is 14.4. The first-order chi connectivity index (χ1) is 11.7.